The highest BCUT2D eigenvalue weighted by atomic mass is 16.7. The maximum absolute atomic E-state index is 13.1. The number of esters is 3. The normalized spacial score (nSPS) is 18.6. The molecule has 0 radical (unpaired) electrons. The number of rotatable bonds is 51. The second-order valence-corrected chi connectivity index (χ2v) is 20.6. The fraction of sp³-hybridized carbons (Fsp3) is 0.723. The Kier molecular flexibility index (Phi) is 48.4. The van der Waals surface area contributed by atoms with Gasteiger partial charge in [-0.25, -0.2) is 4.79 Å². The number of aliphatic carboxylic acids is 1. The Balaban J connectivity index is 2.70. The Morgan fingerprint density at radius 2 is 0.844 bits per heavy atom. The van der Waals surface area contributed by atoms with Gasteiger partial charge in [0.15, 0.2) is 24.6 Å². The van der Waals surface area contributed by atoms with Crippen LogP contribution in [0.4, 0.5) is 0 Å². The molecular weight excluding hydrogens is 973 g/mol. The average molecular weight is 1080 g/mol. The van der Waals surface area contributed by atoms with Gasteiger partial charge in [0.05, 0.1) is 6.61 Å². The SMILES string of the molecule is CC/C=C\C/C=C\C/C=C\C/C=C\CCCCCCC(=O)OC1C(OCC(COC(=O)CCCCCCCCC/C=C\CCCCCCCC)OC(=O)CCCCCCC/C=C\C/C=C\CCC)OC(C(=O)O)C(O)C1O. The fourth-order valence-electron chi connectivity index (χ4n) is 8.74. The molecule has 1 aliphatic heterocycles. The Hall–Kier alpha value is -4.10. The number of carbonyl (C=O) groups is 4. The molecule has 1 aliphatic rings. The topological polar surface area (TPSA) is 175 Å². The summed E-state index contributed by atoms with van der Waals surface area (Å²) in [4.78, 5) is 51.2. The Bertz CT molecular complexity index is 1660. The van der Waals surface area contributed by atoms with Crippen LogP contribution in [-0.2, 0) is 42.9 Å². The summed E-state index contributed by atoms with van der Waals surface area (Å²) in [7, 11) is 0. The molecule has 0 saturated carbocycles. The lowest BCUT2D eigenvalue weighted by Gasteiger charge is -2.40. The second-order valence-electron chi connectivity index (χ2n) is 20.6. The first-order valence-electron chi connectivity index (χ1n) is 30.6. The average Bonchev–Trinajstić information content (AvgIpc) is 3.42. The third-order valence-corrected chi connectivity index (χ3v) is 13.4. The van der Waals surface area contributed by atoms with Crippen molar-refractivity contribution in [1.82, 2.24) is 0 Å². The zero-order chi connectivity index (χ0) is 56.1. The molecule has 0 aliphatic carbocycles. The highest BCUT2D eigenvalue weighted by Crippen LogP contribution is 2.26. The van der Waals surface area contributed by atoms with E-state index in [1.807, 2.05) is 0 Å². The van der Waals surface area contributed by atoms with Crippen LogP contribution in [0.25, 0.3) is 0 Å². The summed E-state index contributed by atoms with van der Waals surface area (Å²) in [6.07, 6.45) is 55.4. The van der Waals surface area contributed by atoms with Crippen molar-refractivity contribution >= 4 is 23.9 Å². The molecule has 1 saturated heterocycles. The lowest BCUT2D eigenvalue weighted by Crippen LogP contribution is -2.61. The minimum atomic E-state index is -1.92. The summed E-state index contributed by atoms with van der Waals surface area (Å²) in [5.74, 6) is -3.17. The van der Waals surface area contributed by atoms with Gasteiger partial charge in [-0.05, 0) is 109 Å². The maximum atomic E-state index is 13.1. The van der Waals surface area contributed by atoms with Crippen LogP contribution in [0.3, 0.4) is 0 Å². The van der Waals surface area contributed by atoms with Gasteiger partial charge in [-0.1, -0.05) is 209 Å². The number of aliphatic hydroxyl groups excluding tert-OH is 2. The van der Waals surface area contributed by atoms with E-state index in [0.29, 0.717) is 19.3 Å². The van der Waals surface area contributed by atoms with Gasteiger partial charge in [-0.2, -0.15) is 0 Å². The number of carboxylic acids is 1. The molecular formula is C65H108O12. The number of hydrogen-bond donors (Lipinski definition) is 3. The molecule has 440 valence electrons. The van der Waals surface area contributed by atoms with Crippen molar-refractivity contribution in [2.45, 2.75) is 289 Å². The fourth-order valence-corrected chi connectivity index (χ4v) is 8.74. The third-order valence-electron chi connectivity index (χ3n) is 13.4. The maximum Gasteiger partial charge on any atom is 0.335 e. The van der Waals surface area contributed by atoms with E-state index in [4.69, 9.17) is 23.7 Å². The van der Waals surface area contributed by atoms with Crippen molar-refractivity contribution in [1.29, 1.82) is 0 Å². The van der Waals surface area contributed by atoms with Gasteiger partial charge in [-0.15, -0.1) is 0 Å². The molecule has 0 aromatic rings. The van der Waals surface area contributed by atoms with Gasteiger partial charge in [0, 0.05) is 19.3 Å². The number of unbranched alkanes of at least 4 members (excludes halogenated alkanes) is 23. The molecule has 6 atom stereocenters. The Labute approximate surface area is 467 Å². The zero-order valence-electron chi connectivity index (χ0n) is 48.4. The van der Waals surface area contributed by atoms with Crippen LogP contribution in [0.5, 0.6) is 0 Å². The lowest BCUT2D eigenvalue weighted by molar-refractivity contribution is -0.301. The first-order valence-corrected chi connectivity index (χ1v) is 30.6. The van der Waals surface area contributed by atoms with Gasteiger partial charge >= 0.3 is 23.9 Å². The van der Waals surface area contributed by atoms with E-state index in [1.54, 1.807) is 0 Å². The predicted molar refractivity (Wildman–Crippen MR) is 312 cm³/mol. The minimum Gasteiger partial charge on any atom is -0.479 e. The molecule has 0 bridgehead atoms. The summed E-state index contributed by atoms with van der Waals surface area (Å²) < 4.78 is 28.4. The lowest BCUT2D eigenvalue weighted by atomic mass is 9.98. The first-order chi connectivity index (χ1) is 37.6. The highest BCUT2D eigenvalue weighted by Gasteiger charge is 2.50. The summed E-state index contributed by atoms with van der Waals surface area (Å²) >= 11 is 0. The van der Waals surface area contributed by atoms with Gasteiger partial charge in [0.25, 0.3) is 0 Å². The van der Waals surface area contributed by atoms with Crippen molar-refractivity contribution in [3.8, 4) is 0 Å². The Morgan fingerprint density at radius 1 is 0.442 bits per heavy atom. The van der Waals surface area contributed by atoms with Crippen LogP contribution >= 0.6 is 0 Å². The van der Waals surface area contributed by atoms with Crippen LogP contribution in [0, 0.1) is 0 Å². The molecule has 12 nitrogen and oxygen atoms in total. The van der Waals surface area contributed by atoms with Crippen LogP contribution in [-0.4, -0.2) is 89.2 Å². The van der Waals surface area contributed by atoms with Gasteiger partial charge in [0.2, 0.25) is 0 Å². The highest BCUT2D eigenvalue weighted by molar-refractivity contribution is 5.74. The van der Waals surface area contributed by atoms with E-state index in [2.05, 4.69) is 106 Å². The molecule has 0 aromatic carbocycles. The summed E-state index contributed by atoms with van der Waals surface area (Å²) in [6.45, 7) is 5.79. The zero-order valence-corrected chi connectivity index (χ0v) is 48.4. The van der Waals surface area contributed by atoms with Crippen molar-refractivity contribution in [2.24, 2.45) is 0 Å². The van der Waals surface area contributed by atoms with Crippen LogP contribution in [0.15, 0.2) is 85.1 Å². The van der Waals surface area contributed by atoms with Gasteiger partial charge < -0.3 is 39.0 Å². The number of carbonyl (C=O) groups excluding carboxylic acids is 3. The predicted octanol–water partition coefficient (Wildman–Crippen LogP) is 15.9. The van der Waals surface area contributed by atoms with Crippen molar-refractivity contribution < 1.29 is 58.2 Å². The quantitative estimate of drug-likeness (QED) is 0.0228. The first kappa shape index (κ1) is 70.9. The smallest absolute Gasteiger partial charge is 0.335 e. The van der Waals surface area contributed by atoms with Crippen molar-refractivity contribution in [3.05, 3.63) is 85.1 Å². The number of hydrogen-bond acceptors (Lipinski definition) is 11. The van der Waals surface area contributed by atoms with Gasteiger partial charge in [0.1, 0.15) is 18.8 Å². The third kappa shape index (κ3) is 42.5. The van der Waals surface area contributed by atoms with Crippen LogP contribution in [0.1, 0.15) is 252 Å². The Morgan fingerprint density at radius 3 is 1.31 bits per heavy atom. The van der Waals surface area contributed by atoms with E-state index >= 15 is 0 Å². The summed E-state index contributed by atoms with van der Waals surface area (Å²) in [6, 6.07) is 0. The van der Waals surface area contributed by atoms with E-state index in [-0.39, 0.29) is 25.9 Å². The molecule has 3 N–H and O–H groups in total. The van der Waals surface area contributed by atoms with E-state index in [0.717, 1.165) is 128 Å². The van der Waals surface area contributed by atoms with Gasteiger partial charge in [-0.3, -0.25) is 14.4 Å². The molecule has 1 rings (SSSR count). The molecule has 6 unspecified atom stereocenters. The van der Waals surface area contributed by atoms with Crippen molar-refractivity contribution in [3.63, 3.8) is 0 Å². The van der Waals surface area contributed by atoms with Crippen LogP contribution < -0.4 is 0 Å². The molecule has 0 aromatic heterocycles. The molecule has 12 heteroatoms. The molecule has 1 fully saturated rings. The van der Waals surface area contributed by atoms with E-state index in [9.17, 15) is 34.5 Å². The standard InChI is InChI=1S/C65H108O12/c1-4-7-10-13-16-19-22-25-27-29-31-34-36-39-42-45-48-51-57(66)73-54-56(75-58(67)52-49-46-43-40-37-33-24-21-18-15-12-9-6-3)55-74-65-63(61(70)60(69)62(77-65)64(71)72)76-59(68)53-50-47-44-41-38-35-32-30-28-26-23-20-17-14-11-8-5-2/h8,11-12,15,17,20-21,24-28,32,35,56,60-63,65,69-70H,4-7,9-10,13-14,16,18-19,22-23,29-31,33-34,36-55H2,1-3H3,(H,71,72)/b11-8-,15-12-,20-17-,24-21-,27-25-,28-26-,35-32-. The summed E-state index contributed by atoms with van der Waals surface area (Å²) in [5.41, 5.74) is 0. The number of carboxylic acid groups (broad SMARTS) is 1. The van der Waals surface area contributed by atoms with E-state index in [1.165, 1.54) is 64.2 Å². The number of allylic oxidation sites excluding steroid dienone is 14. The van der Waals surface area contributed by atoms with Crippen LogP contribution in [0.2, 0.25) is 0 Å². The second kappa shape index (κ2) is 52.6. The monoisotopic (exact) mass is 1080 g/mol. The largest absolute Gasteiger partial charge is 0.479 e. The van der Waals surface area contributed by atoms with Crippen molar-refractivity contribution in [2.75, 3.05) is 13.2 Å². The molecule has 77 heavy (non-hydrogen) atoms. The molecule has 0 amide bonds. The number of aliphatic hydroxyl groups is 2. The summed E-state index contributed by atoms with van der Waals surface area (Å²) in [5, 5.41) is 31.5. The molecule has 0 spiro atoms. The van der Waals surface area contributed by atoms with E-state index < -0.39 is 67.3 Å². The molecule has 1 heterocycles. The minimum absolute atomic E-state index is 0.0276. The number of ether oxygens (including phenoxy) is 5.